The summed E-state index contributed by atoms with van der Waals surface area (Å²) in [6, 6.07) is 0. The van der Waals surface area contributed by atoms with Gasteiger partial charge >= 0.3 is 50.5 Å². The molecule has 0 saturated heterocycles. The van der Waals surface area contributed by atoms with Gasteiger partial charge in [-0.25, -0.2) is 0 Å². The molecule has 0 unspecified atom stereocenters. The number of hydrogen-bond donors (Lipinski definition) is 1. The van der Waals surface area contributed by atoms with Crippen molar-refractivity contribution in [2.24, 2.45) is 0 Å². The molecular weight excluding hydrogens is 493 g/mol. The third-order valence-electron chi connectivity index (χ3n) is 0.512. The molecule has 58 valence electrons. The predicted octanol–water partition coefficient (Wildman–Crippen LogP) is -0.448. The zero-order valence-corrected chi connectivity index (χ0v) is 13.2. The van der Waals surface area contributed by atoms with Gasteiger partial charge in [-0.1, -0.05) is 13.3 Å². The van der Waals surface area contributed by atoms with Gasteiger partial charge in [-0.3, -0.25) is 0 Å². The summed E-state index contributed by atoms with van der Waals surface area (Å²) in [6.07, 6.45) is 2.04. The summed E-state index contributed by atoms with van der Waals surface area (Å²) in [5.74, 6) is 0. The quantitative estimate of drug-likeness (QED) is 0.401. The second-order valence-corrected chi connectivity index (χ2v) is 17.4. The molecule has 0 heterocycles. The van der Waals surface area contributed by atoms with E-state index in [-0.39, 0.29) is 21.7 Å². The van der Waals surface area contributed by atoms with Crippen LogP contribution in [0.4, 0.5) is 0 Å². The van der Waals surface area contributed by atoms with Gasteiger partial charge in [-0.15, -0.1) is 0 Å². The fourth-order valence-electron chi connectivity index (χ4n) is 0.158. The van der Waals surface area contributed by atoms with Gasteiger partial charge in [0.2, 0.25) is 0 Å². The van der Waals surface area contributed by atoms with Crippen molar-refractivity contribution in [2.45, 2.75) is 19.8 Å². The third-order valence-corrected chi connectivity index (χ3v) is 0.512. The molecule has 0 aromatic heterocycles. The van der Waals surface area contributed by atoms with Crippen LogP contribution in [0.3, 0.4) is 0 Å². The van der Waals surface area contributed by atoms with Crippen LogP contribution in [0, 0.1) is 0 Å². The minimum absolute atomic E-state index is 0. The van der Waals surface area contributed by atoms with Crippen molar-refractivity contribution in [3.63, 3.8) is 0 Å². The topological polar surface area (TPSA) is 20.2 Å². The molecule has 0 fully saturated rings. The maximum absolute atomic E-state index is 8.07. The van der Waals surface area contributed by atoms with E-state index in [1.54, 1.807) is 0 Å². The molecule has 1 N–H and O–H groups in total. The Balaban J connectivity index is -0.0000000800. The van der Waals surface area contributed by atoms with Crippen molar-refractivity contribution >= 4 is 37.2 Å². The maximum Gasteiger partial charge on any atom is 0 e. The third kappa shape index (κ3) is 36.1. The first kappa shape index (κ1) is 17.8. The summed E-state index contributed by atoms with van der Waals surface area (Å²) in [6.45, 7) is 2.40. The van der Waals surface area contributed by atoms with E-state index in [9.17, 15) is 0 Å². The Hall–Kier alpha value is 2.86. The Labute approximate surface area is 102 Å². The number of aliphatic hydroxyl groups excluding tert-OH is 1. The summed E-state index contributed by atoms with van der Waals surface area (Å²) >= 11 is 5.30. The molecule has 1 nitrogen and oxygen atoms in total. The van der Waals surface area contributed by atoms with Crippen molar-refractivity contribution in [3.05, 3.63) is 0 Å². The van der Waals surface area contributed by atoms with Crippen LogP contribution in [-0.4, -0.2) is 11.7 Å². The van der Waals surface area contributed by atoms with Crippen molar-refractivity contribution in [1.29, 1.82) is 0 Å². The molecule has 5 heteroatoms. The Kier molecular flexibility index (Phi) is 44.4. The minimum atomic E-state index is 0. The van der Waals surface area contributed by atoms with Gasteiger partial charge in [0, 0.05) is 28.3 Å². The minimum Gasteiger partial charge on any atom is 0 e. The Morgan fingerprint density at radius 2 is 1.78 bits per heavy atom. The zero-order valence-electron chi connectivity index (χ0n) is 5.20. The molecule has 0 radical (unpaired) electrons. The van der Waals surface area contributed by atoms with Gasteiger partial charge in [-0.05, 0) is 6.42 Å². The summed E-state index contributed by atoms with van der Waals surface area (Å²) in [5, 5.41) is 8.07. The summed E-state index contributed by atoms with van der Waals surface area (Å²) < 4.78 is 0. The molecule has 9 heavy (non-hydrogen) atoms. The zero-order chi connectivity index (χ0) is 6.83. The normalized spacial score (nSPS) is 7.11. The fraction of sp³-hybridized carbons (Fsp3) is 1.00. The van der Waals surface area contributed by atoms with E-state index in [0.29, 0.717) is 19.9 Å². The van der Waals surface area contributed by atoms with Gasteiger partial charge in [0.05, 0.1) is 0 Å². The van der Waals surface area contributed by atoms with Gasteiger partial charge < -0.3 is 5.11 Å². The maximum atomic E-state index is 8.07. The molecule has 0 atom stereocenters. The smallest absolute Gasteiger partial charge is 0 e. The molecule has 0 aliphatic rings. The average Bonchev–Trinajstić information content (AvgIpc) is 1.71. The number of hydrogen-bond acceptors (Lipinski definition) is 1. The van der Waals surface area contributed by atoms with E-state index in [0.717, 1.165) is 12.8 Å². The SMILES string of the molecule is CCCCO.I[I-]I.[Ti]. The van der Waals surface area contributed by atoms with Gasteiger partial charge in [0.1, 0.15) is 0 Å². The van der Waals surface area contributed by atoms with Crippen molar-refractivity contribution in [1.82, 2.24) is 0 Å². The molecule has 0 aromatic rings. The molecular formula is C4H10I3OTi-. The van der Waals surface area contributed by atoms with Crippen LogP contribution in [0.15, 0.2) is 0 Å². The first-order valence-electron chi connectivity index (χ1n) is 2.31. The van der Waals surface area contributed by atoms with E-state index in [2.05, 4.69) is 44.2 Å². The van der Waals surface area contributed by atoms with Crippen molar-refractivity contribution in [3.8, 4) is 0 Å². The molecule has 0 amide bonds. The molecule has 0 spiro atoms. The predicted molar refractivity (Wildman–Crippen MR) is 50.0 cm³/mol. The number of rotatable bonds is 2. The van der Waals surface area contributed by atoms with Crippen LogP contribution in [-0.2, 0) is 21.7 Å². The number of aliphatic hydroxyl groups is 1. The fourth-order valence-corrected chi connectivity index (χ4v) is 0.158. The van der Waals surface area contributed by atoms with Crippen LogP contribution in [0.5, 0.6) is 0 Å². The molecule has 0 aliphatic carbocycles. The second kappa shape index (κ2) is 22.4. The van der Waals surface area contributed by atoms with Crippen LogP contribution in [0.1, 0.15) is 19.8 Å². The molecule has 0 aliphatic heterocycles. The number of halogens is 3. The Morgan fingerprint density at radius 1 is 1.44 bits per heavy atom. The van der Waals surface area contributed by atoms with E-state index in [1.165, 1.54) is 0 Å². The second-order valence-electron chi connectivity index (χ2n) is 1.13. The Morgan fingerprint density at radius 3 is 1.78 bits per heavy atom. The molecule has 0 rings (SSSR count). The van der Waals surface area contributed by atoms with Crippen molar-refractivity contribution in [2.75, 3.05) is 6.61 Å². The first-order valence-corrected chi connectivity index (χ1v) is 14.9. The van der Waals surface area contributed by atoms with E-state index < -0.39 is 0 Å². The first-order chi connectivity index (χ1) is 3.83. The Bertz CT molecular complexity index is 29.8. The molecule has 0 aromatic carbocycles. The number of unbranched alkanes of at least 4 members (excludes halogenated alkanes) is 1. The average molecular weight is 503 g/mol. The van der Waals surface area contributed by atoms with Gasteiger partial charge in [0.15, 0.2) is 0 Å². The van der Waals surface area contributed by atoms with Crippen LogP contribution in [0.25, 0.3) is 0 Å². The largest absolute Gasteiger partial charge is 0 e. The summed E-state index contributed by atoms with van der Waals surface area (Å²) in [5.41, 5.74) is 0. The van der Waals surface area contributed by atoms with Gasteiger partial charge in [0.25, 0.3) is 0 Å². The standard InChI is InChI=1S/C4H10O.I3.Ti/c1-2-3-4-5;1-3-2;/h5H,2-4H2,1H3;;/q;-1;. The van der Waals surface area contributed by atoms with Crippen LogP contribution >= 0.6 is 37.2 Å². The van der Waals surface area contributed by atoms with E-state index >= 15 is 0 Å². The molecule has 0 bridgehead atoms. The van der Waals surface area contributed by atoms with Crippen molar-refractivity contribution < 1.29 is 40.1 Å². The van der Waals surface area contributed by atoms with Crippen LogP contribution in [0.2, 0.25) is 0 Å². The van der Waals surface area contributed by atoms with Crippen LogP contribution < -0.4 is 13.3 Å². The summed E-state index contributed by atoms with van der Waals surface area (Å²) in [7, 11) is 0. The summed E-state index contributed by atoms with van der Waals surface area (Å²) in [4.78, 5) is 0. The monoisotopic (exact) mass is 503 g/mol. The van der Waals surface area contributed by atoms with Gasteiger partial charge in [-0.2, -0.15) is 0 Å². The van der Waals surface area contributed by atoms with E-state index in [4.69, 9.17) is 5.11 Å². The van der Waals surface area contributed by atoms with E-state index in [1.807, 2.05) is 0 Å². The molecule has 0 saturated carbocycles.